The molecule has 8 rings (SSSR count). The van der Waals surface area contributed by atoms with E-state index < -0.39 is 0 Å². The number of furan rings is 1. The van der Waals surface area contributed by atoms with Crippen LogP contribution in [0.4, 0.5) is 17.1 Å². The van der Waals surface area contributed by atoms with Gasteiger partial charge in [-0.2, -0.15) is 0 Å². The van der Waals surface area contributed by atoms with Crippen LogP contribution in [0.1, 0.15) is 0 Å². The Kier molecular flexibility index (Phi) is 5.46. The van der Waals surface area contributed by atoms with E-state index >= 15 is 0 Å². The zero-order chi connectivity index (χ0) is 27.2. The molecule has 0 amide bonds. The van der Waals surface area contributed by atoms with Crippen molar-refractivity contribution in [1.82, 2.24) is 4.57 Å². The van der Waals surface area contributed by atoms with Gasteiger partial charge in [-0.15, -0.1) is 0 Å². The van der Waals surface area contributed by atoms with Gasteiger partial charge in [-0.3, -0.25) is 0 Å². The minimum atomic E-state index is 0.877. The van der Waals surface area contributed by atoms with Crippen molar-refractivity contribution in [2.75, 3.05) is 4.90 Å². The summed E-state index contributed by atoms with van der Waals surface area (Å²) in [6, 6.07) is 53.5. The number of para-hydroxylation sites is 4. The molecule has 0 atom stereocenters. The van der Waals surface area contributed by atoms with Gasteiger partial charge in [-0.1, -0.05) is 91.0 Å². The molecule has 0 saturated carbocycles. The van der Waals surface area contributed by atoms with Gasteiger partial charge in [-0.05, 0) is 71.8 Å². The van der Waals surface area contributed by atoms with E-state index in [4.69, 9.17) is 4.42 Å². The largest absolute Gasteiger partial charge is 0.462 e. The minimum Gasteiger partial charge on any atom is -0.462 e. The Morgan fingerprint density at radius 2 is 1.07 bits per heavy atom. The van der Waals surface area contributed by atoms with E-state index in [1.54, 1.807) is 0 Å². The van der Waals surface area contributed by atoms with Crippen LogP contribution in [0.3, 0.4) is 0 Å². The van der Waals surface area contributed by atoms with E-state index in [-0.39, 0.29) is 0 Å². The molecule has 0 spiro atoms. The lowest BCUT2D eigenvalue weighted by Crippen LogP contribution is -2.09. The first-order chi connectivity index (χ1) is 20.3. The molecule has 0 saturated heterocycles. The number of hydrogen-bond acceptors (Lipinski definition) is 2. The Balaban J connectivity index is 1.22. The molecule has 0 N–H and O–H groups in total. The molecule has 0 fully saturated rings. The van der Waals surface area contributed by atoms with E-state index in [9.17, 15) is 0 Å². The summed E-state index contributed by atoms with van der Waals surface area (Å²) in [6.07, 6.45) is 1.85. The molecule has 0 aliphatic rings. The van der Waals surface area contributed by atoms with Crippen molar-refractivity contribution in [3.05, 3.63) is 158 Å². The number of aromatic nitrogens is 1. The van der Waals surface area contributed by atoms with Crippen LogP contribution >= 0.6 is 0 Å². The number of anilines is 3. The second kappa shape index (κ2) is 9.58. The molecule has 41 heavy (non-hydrogen) atoms. The maximum absolute atomic E-state index is 5.93. The minimum absolute atomic E-state index is 0.877. The van der Waals surface area contributed by atoms with Crippen LogP contribution in [-0.2, 0) is 0 Å². The molecular weight excluding hydrogens is 500 g/mol. The van der Waals surface area contributed by atoms with Gasteiger partial charge >= 0.3 is 0 Å². The van der Waals surface area contributed by atoms with E-state index in [0.29, 0.717) is 0 Å². The molecule has 0 aliphatic carbocycles. The van der Waals surface area contributed by atoms with Crippen molar-refractivity contribution < 1.29 is 4.42 Å². The Bertz CT molecular complexity index is 2100. The number of fused-ring (bicyclic) bond motifs is 4. The van der Waals surface area contributed by atoms with Gasteiger partial charge in [0.15, 0.2) is 0 Å². The van der Waals surface area contributed by atoms with Crippen LogP contribution in [0.2, 0.25) is 0 Å². The Morgan fingerprint density at radius 3 is 1.80 bits per heavy atom. The van der Waals surface area contributed by atoms with Gasteiger partial charge in [0.05, 0.1) is 16.7 Å². The molecular formula is C38H26N2O. The summed E-state index contributed by atoms with van der Waals surface area (Å²) < 4.78 is 8.30. The first-order valence-electron chi connectivity index (χ1n) is 13.9. The SMILES string of the molecule is c1ccc(N(c2ccc(-c3cccc(-n4c5ccccc5c5ccccc54)c3)cc2)c2coc3ccccc23)cc1. The Morgan fingerprint density at radius 1 is 0.463 bits per heavy atom. The van der Waals surface area contributed by atoms with Gasteiger partial charge in [0.1, 0.15) is 11.8 Å². The van der Waals surface area contributed by atoms with Crippen molar-refractivity contribution in [2.24, 2.45) is 0 Å². The molecule has 8 aromatic rings. The van der Waals surface area contributed by atoms with Crippen LogP contribution in [0, 0.1) is 0 Å². The molecule has 0 aliphatic heterocycles. The molecule has 0 unspecified atom stereocenters. The third-order valence-electron chi connectivity index (χ3n) is 7.86. The highest BCUT2D eigenvalue weighted by molar-refractivity contribution is 6.09. The van der Waals surface area contributed by atoms with Crippen molar-refractivity contribution in [3.8, 4) is 16.8 Å². The Labute approximate surface area is 238 Å². The highest BCUT2D eigenvalue weighted by Crippen LogP contribution is 2.40. The van der Waals surface area contributed by atoms with Crippen molar-refractivity contribution in [1.29, 1.82) is 0 Å². The average molecular weight is 527 g/mol. The summed E-state index contributed by atoms with van der Waals surface area (Å²) in [5.41, 5.74) is 9.98. The first kappa shape index (κ1) is 23.4. The third-order valence-corrected chi connectivity index (χ3v) is 7.86. The van der Waals surface area contributed by atoms with Crippen LogP contribution in [-0.4, -0.2) is 4.57 Å². The molecule has 3 heteroatoms. The zero-order valence-electron chi connectivity index (χ0n) is 22.3. The molecule has 2 aromatic heterocycles. The highest BCUT2D eigenvalue weighted by atomic mass is 16.3. The third kappa shape index (κ3) is 3.90. The van der Waals surface area contributed by atoms with Crippen LogP contribution in [0.5, 0.6) is 0 Å². The van der Waals surface area contributed by atoms with E-state index in [0.717, 1.165) is 33.7 Å². The summed E-state index contributed by atoms with van der Waals surface area (Å²) >= 11 is 0. The summed E-state index contributed by atoms with van der Waals surface area (Å²) in [4.78, 5) is 2.25. The van der Waals surface area contributed by atoms with Gasteiger partial charge in [0.2, 0.25) is 0 Å². The zero-order valence-corrected chi connectivity index (χ0v) is 22.3. The van der Waals surface area contributed by atoms with Gasteiger partial charge in [0, 0.05) is 33.2 Å². The van der Waals surface area contributed by atoms with Crippen LogP contribution in [0.15, 0.2) is 162 Å². The fourth-order valence-corrected chi connectivity index (χ4v) is 5.97. The molecule has 194 valence electrons. The molecule has 3 nitrogen and oxygen atoms in total. The quantitative estimate of drug-likeness (QED) is 0.222. The monoisotopic (exact) mass is 526 g/mol. The molecule has 0 radical (unpaired) electrons. The summed E-state index contributed by atoms with van der Waals surface area (Å²) in [7, 11) is 0. The van der Waals surface area contributed by atoms with E-state index in [2.05, 4.69) is 143 Å². The number of nitrogens with zero attached hydrogens (tertiary/aromatic N) is 2. The smallest absolute Gasteiger partial charge is 0.136 e. The highest BCUT2D eigenvalue weighted by Gasteiger charge is 2.18. The van der Waals surface area contributed by atoms with Gasteiger partial charge < -0.3 is 13.9 Å². The number of rotatable bonds is 5. The fraction of sp³-hybridized carbons (Fsp3) is 0. The fourth-order valence-electron chi connectivity index (χ4n) is 5.97. The van der Waals surface area contributed by atoms with E-state index in [1.165, 1.54) is 32.9 Å². The van der Waals surface area contributed by atoms with Gasteiger partial charge in [-0.25, -0.2) is 0 Å². The Hall–Kier alpha value is -5.54. The van der Waals surface area contributed by atoms with Crippen LogP contribution < -0.4 is 4.90 Å². The topological polar surface area (TPSA) is 21.3 Å². The summed E-state index contributed by atoms with van der Waals surface area (Å²) in [6.45, 7) is 0. The summed E-state index contributed by atoms with van der Waals surface area (Å²) in [5, 5.41) is 3.62. The molecule has 0 bridgehead atoms. The van der Waals surface area contributed by atoms with E-state index in [1.807, 2.05) is 24.5 Å². The number of benzene rings is 6. The lowest BCUT2D eigenvalue weighted by atomic mass is 10.0. The first-order valence-corrected chi connectivity index (χ1v) is 13.9. The van der Waals surface area contributed by atoms with Crippen molar-refractivity contribution >= 4 is 49.8 Å². The van der Waals surface area contributed by atoms with Crippen molar-refractivity contribution in [3.63, 3.8) is 0 Å². The lowest BCUT2D eigenvalue weighted by Gasteiger charge is -2.24. The lowest BCUT2D eigenvalue weighted by molar-refractivity contribution is 0.616. The van der Waals surface area contributed by atoms with Gasteiger partial charge in [0.25, 0.3) is 0 Å². The van der Waals surface area contributed by atoms with Crippen molar-refractivity contribution in [2.45, 2.75) is 0 Å². The predicted octanol–water partition coefficient (Wildman–Crippen LogP) is 10.7. The van der Waals surface area contributed by atoms with Crippen LogP contribution in [0.25, 0.3) is 49.6 Å². The normalized spacial score (nSPS) is 11.4. The summed E-state index contributed by atoms with van der Waals surface area (Å²) in [5.74, 6) is 0. The molecule has 6 aromatic carbocycles. The maximum atomic E-state index is 5.93. The average Bonchev–Trinajstić information content (AvgIpc) is 3.62. The maximum Gasteiger partial charge on any atom is 0.136 e. The standard InChI is InChI=1S/C38H26N2O/c1-2-12-29(13-3-1)39(37-26-41-38-20-9-6-17-34(37)38)30-23-21-27(22-24-30)28-11-10-14-31(25-28)40-35-18-7-4-15-32(35)33-16-5-8-19-36(33)40/h1-26H. The second-order valence-electron chi connectivity index (χ2n) is 10.3. The number of hydrogen-bond donors (Lipinski definition) is 0. The predicted molar refractivity (Wildman–Crippen MR) is 171 cm³/mol. The molecule has 2 heterocycles. The second-order valence-corrected chi connectivity index (χ2v) is 10.3.